The van der Waals surface area contributed by atoms with E-state index in [4.69, 9.17) is 5.73 Å². The van der Waals surface area contributed by atoms with Crippen LogP contribution in [-0.4, -0.2) is 25.8 Å². The van der Waals surface area contributed by atoms with E-state index < -0.39 is 26.6 Å². The molecular weight excluding hydrogens is 274 g/mol. The summed E-state index contributed by atoms with van der Waals surface area (Å²) < 4.78 is 52.4. The first kappa shape index (κ1) is 14.0. The van der Waals surface area contributed by atoms with Crippen molar-refractivity contribution in [3.63, 3.8) is 0 Å². The first-order chi connectivity index (χ1) is 8.82. The van der Waals surface area contributed by atoms with Gasteiger partial charge in [0.1, 0.15) is 16.5 Å². The number of halogens is 2. The highest BCUT2D eigenvalue weighted by Crippen LogP contribution is 2.25. The van der Waals surface area contributed by atoms with Crippen LogP contribution < -0.4 is 5.73 Å². The molecule has 0 fully saturated rings. The number of rotatable bonds is 2. The van der Waals surface area contributed by atoms with E-state index in [0.717, 1.165) is 15.9 Å². The Hall–Kier alpha value is -1.47. The normalized spacial score (nSPS) is 17.3. The molecule has 2 rings (SSSR count). The Morgan fingerprint density at radius 1 is 1.26 bits per heavy atom. The lowest BCUT2D eigenvalue weighted by molar-refractivity contribution is 0.426. The Kier molecular flexibility index (Phi) is 3.60. The molecule has 0 spiro atoms. The summed E-state index contributed by atoms with van der Waals surface area (Å²) in [6.45, 7) is 2.37. The summed E-state index contributed by atoms with van der Waals surface area (Å²) in [5.41, 5.74) is 6.00. The van der Waals surface area contributed by atoms with Gasteiger partial charge in [-0.2, -0.15) is 4.31 Å². The van der Waals surface area contributed by atoms with Gasteiger partial charge in [-0.15, -0.1) is 0 Å². The molecule has 7 heteroatoms. The molecule has 0 aliphatic carbocycles. The largest absolute Gasteiger partial charge is 0.396 e. The Morgan fingerprint density at radius 2 is 1.95 bits per heavy atom. The number of nitrogens with zero attached hydrogens (tertiary/aromatic N) is 1. The number of sulfonamides is 1. The van der Waals surface area contributed by atoms with Crippen LogP contribution in [-0.2, 0) is 10.0 Å². The topological polar surface area (TPSA) is 63.4 Å². The van der Waals surface area contributed by atoms with E-state index in [1.807, 2.05) is 6.92 Å². The summed E-state index contributed by atoms with van der Waals surface area (Å²) in [5, 5.41) is 0. The molecule has 2 N–H and O–H groups in total. The van der Waals surface area contributed by atoms with Gasteiger partial charge in [0.25, 0.3) is 0 Å². The highest BCUT2D eigenvalue weighted by molar-refractivity contribution is 7.89. The van der Waals surface area contributed by atoms with Gasteiger partial charge in [-0.1, -0.05) is 11.6 Å². The van der Waals surface area contributed by atoms with Crippen LogP contribution in [0, 0.1) is 11.6 Å². The molecule has 1 aromatic rings. The minimum absolute atomic E-state index is 0.185. The van der Waals surface area contributed by atoms with Crippen molar-refractivity contribution in [3.8, 4) is 0 Å². The monoisotopic (exact) mass is 288 g/mol. The third kappa shape index (κ3) is 2.62. The van der Waals surface area contributed by atoms with Crippen molar-refractivity contribution >= 4 is 15.7 Å². The maximum atomic E-state index is 13.6. The van der Waals surface area contributed by atoms with Gasteiger partial charge >= 0.3 is 0 Å². The van der Waals surface area contributed by atoms with E-state index in [0.29, 0.717) is 12.5 Å². The SMILES string of the molecule is CC1=CCN(S(=O)(=O)c2cc(N)c(F)cc2F)CC1. The van der Waals surface area contributed by atoms with E-state index in [2.05, 4.69) is 0 Å². The minimum Gasteiger partial charge on any atom is -0.396 e. The first-order valence-corrected chi connectivity index (χ1v) is 7.16. The van der Waals surface area contributed by atoms with Crippen molar-refractivity contribution in [2.45, 2.75) is 18.2 Å². The Bertz CT molecular complexity index is 641. The quantitative estimate of drug-likeness (QED) is 0.667. The van der Waals surface area contributed by atoms with Crippen LogP contribution in [0.25, 0.3) is 0 Å². The minimum atomic E-state index is -3.99. The maximum Gasteiger partial charge on any atom is 0.246 e. The average molecular weight is 288 g/mol. The number of nitrogen functional groups attached to an aromatic ring is 1. The van der Waals surface area contributed by atoms with Crippen LogP contribution in [0.1, 0.15) is 13.3 Å². The molecule has 104 valence electrons. The maximum absolute atomic E-state index is 13.6. The van der Waals surface area contributed by atoms with Gasteiger partial charge in [-0.25, -0.2) is 17.2 Å². The molecule has 0 radical (unpaired) electrons. The zero-order valence-corrected chi connectivity index (χ0v) is 11.2. The molecular formula is C12H14F2N2O2S. The van der Waals surface area contributed by atoms with Gasteiger partial charge in [-0.3, -0.25) is 0 Å². The third-order valence-corrected chi connectivity index (χ3v) is 4.95. The summed E-state index contributed by atoms with van der Waals surface area (Å²) in [7, 11) is -3.99. The summed E-state index contributed by atoms with van der Waals surface area (Å²) in [6.07, 6.45) is 2.36. The zero-order chi connectivity index (χ0) is 14.2. The lowest BCUT2D eigenvalue weighted by Crippen LogP contribution is -2.35. The van der Waals surface area contributed by atoms with E-state index >= 15 is 0 Å². The van der Waals surface area contributed by atoms with Crippen LogP contribution in [0.5, 0.6) is 0 Å². The Labute approximate surface area is 110 Å². The summed E-state index contributed by atoms with van der Waals surface area (Å²) in [6, 6.07) is 1.32. The fraction of sp³-hybridized carbons (Fsp3) is 0.333. The predicted molar refractivity (Wildman–Crippen MR) is 67.9 cm³/mol. The summed E-state index contributed by atoms with van der Waals surface area (Å²) >= 11 is 0. The number of nitrogens with two attached hydrogens (primary N) is 1. The number of hydrogen-bond acceptors (Lipinski definition) is 3. The molecule has 1 heterocycles. The van der Waals surface area contributed by atoms with Crippen LogP contribution >= 0.6 is 0 Å². The second-order valence-corrected chi connectivity index (χ2v) is 6.37. The number of benzene rings is 1. The van der Waals surface area contributed by atoms with Crippen molar-refractivity contribution in [1.29, 1.82) is 0 Å². The van der Waals surface area contributed by atoms with E-state index in [9.17, 15) is 17.2 Å². The zero-order valence-electron chi connectivity index (χ0n) is 10.4. The molecule has 0 aromatic heterocycles. The van der Waals surface area contributed by atoms with Crippen molar-refractivity contribution in [2.75, 3.05) is 18.8 Å². The molecule has 4 nitrogen and oxygen atoms in total. The van der Waals surface area contributed by atoms with Gasteiger partial charge in [-0.05, 0) is 19.4 Å². The van der Waals surface area contributed by atoms with Crippen LogP contribution in [0.2, 0.25) is 0 Å². The molecule has 1 aromatic carbocycles. The second kappa shape index (κ2) is 4.90. The lowest BCUT2D eigenvalue weighted by Gasteiger charge is -2.25. The van der Waals surface area contributed by atoms with Crippen LogP contribution in [0.4, 0.5) is 14.5 Å². The first-order valence-electron chi connectivity index (χ1n) is 5.72. The standard InChI is InChI=1S/C12H14F2N2O2S/c1-8-2-4-16(5-3-8)19(17,18)12-7-11(15)9(13)6-10(12)14/h2,6-7H,3-5,15H2,1H3. The highest BCUT2D eigenvalue weighted by Gasteiger charge is 2.29. The summed E-state index contributed by atoms with van der Waals surface area (Å²) in [5.74, 6) is -2.09. The van der Waals surface area contributed by atoms with Crippen molar-refractivity contribution in [2.24, 2.45) is 0 Å². The number of hydrogen-bond donors (Lipinski definition) is 1. The molecule has 1 aliphatic rings. The van der Waals surface area contributed by atoms with Gasteiger partial charge in [0.05, 0.1) is 5.69 Å². The molecule has 0 amide bonds. The fourth-order valence-electron chi connectivity index (χ4n) is 1.85. The van der Waals surface area contributed by atoms with Crippen LogP contribution in [0.3, 0.4) is 0 Å². The smallest absolute Gasteiger partial charge is 0.246 e. The summed E-state index contributed by atoms with van der Waals surface area (Å²) in [4.78, 5) is -0.584. The molecule has 0 unspecified atom stereocenters. The van der Waals surface area contributed by atoms with Gasteiger partial charge in [0.2, 0.25) is 10.0 Å². The van der Waals surface area contributed by atoms with Crippen molar-refractivity contribution in [1.82, 2.24) is 4.31 Å². The molecule has 0 bridgehead atoms. The van der Waals surface area contributed by atoms with E-state index in [1.165, 1.54) is 0 Å². The number of anilines is 1. The average Bonchev–Trinajstić information content (AvgIpc) is 2.34. The highest BCUT2D eigenvalue weighted by atomic mass is 32.2. The predicted octanol–water partition coefficient (Wildman–Crippen LogP) is 1.89. The van der Waals surface area contributed by atoms with E-state index in [-0.39, 0.29) is 18.8 Å². The fourth-order valence-corrected chi connectivity index (χ4v) is 3.31. The van der Waals surface area contributed by atoms with Crippen LogP contribution in [0.15, 0.2) is 28.7 Å². The third-order valence-electron chi connectivity index (χ3n) is 3.07. The lowest BCUT2D eigenvalue weighted by atomic mass is 10.1. The Morgan fingerprint density at radius 3 is 2.53 bits per heavy atom. The molecule has 19 heavy (non-hydrogen) atoms. The molecule has 1 aliphatic heterocycles. The van der Waals surface area contributed by atoms with Gasteiger partial charge < -0.3 is 5.73 Å². The Balaban J connectivity index is 2.43. The van der Waals surface area contributed by atoms with Crippen molar-refractivity contribution < 1.29 is 17.2 Å². The molecule has 0 saturated carbocycles. The molecule has 0 saturated heterocycles. The van der Waals surface area contributed by atoms with Gasteiger partial charge in [0, 0.05) is 19.2 Å². The molecule has 0 atom stereocenters. The van der Waals surface area contributed by atoms with E-state index in [1.54, 1.807) is 6.08 Å². The van der Waals surface area contributed by atoms with Gasteiger partial charge in [0.15, 0.2) is 0 Å². The van der Waals surface area contributed by atoms with Crippen molar-refractivity contribution in [3.05, 3.63) is 35.4 Å². The second-order valence-electron chi connectivity index (χ2n) is 4.47.